The number of nitrogens with two attached hydrogens (primary N) is 1. The van der Waals surface area contributed by atoms with Crippen molar-refractivity contribution in [3.8, 4) is 0 Å². The van der Waals surface area contributed by atoms with Crippen LogP contribution >= 0.6 is 0 Å². The lowest BCUT2D eigenvalue weighted by molar-refractivity contribution is 0.583. The number of hydrogen-bond donors (Lipinski definition) is 2. The number of hydrogen-bond acceptors (Lipinski definition) is 2. The zero-order chi connectivity index (χ0) is 13.3. The van der Waals surface area contributed by atoms with E-state index < -0.39 is 17.5 Å². The highest BCUT2D eigenvalue weighted by Crippen LogP contribution is 2.27. The molecular formula is C13H11F3N2. The van der Waals surface area contributed by atoms with E-state index in [4.69, 9.17) is 5.73 Å². The average molecular weight is 252 g/mol. The maximum atomic E-state index is 13.7. The van der Waals surface area contributed by atoms with Crippen LogP contribution in [-0.4, -0.2) is 0 Å². The first-order chi connectivity index (χ1) is 8.49. The fraction of sp³-hybridized carbons (Fsp3) is 0.0769. The highest BCUT2D eigenvalue weighted by atomic mass is 19.1. The molecule has 0 unspecified atom stereocenters. The van der Waals surface area contributed by atoms with Crippen molar-refractivity contribution in [2.24, 2.45) is 0 Å². The van der Waals surface area contributed by atoms with E-state index in [9.17, 15) is 13.2 Å². The van der Waals surface area contributed by atoms with Crippen molar-refractivity contribution in [1.82, 2.24) is 0 Å². The number of anilines is 3. The summed E-state index contributed by atoms with van der Waals surface area (Å²) >= 11 is 0. The molecule has 2 aromatic rings. The number of halogens is 3. The second-order valence-corrected chi connectivity index (χ2v) is 3.92. The van der Waals surface area contributed by atoms with Gasteiger partial charge in [-0.05, 0) is 36.8 Å². The van der Waals surface area contributed by atoms with Crippen LogP contribution in [0.5, 0.6) is 0 Å². The third kappa shape index (κ3) is 2.25. The van der Waals surface area contributed by atoms with Crippen molar-refractivity contribution < 1.29 is 13.2 Å². The lowest BCUT2D eigenvalue weighted by Crippen LogP contribution is -2.01. The maximum absolute atomic E-state index is 13.7. The topological polar surface area (TPSA) is 38.0 Å². The molecule has 2 nitrogen and oxygen atoms in total. The summed E-state index contributed by atoms with van der Waals surface area (Å²) in [6.07, 6.45) is 0. The van der Waals surface area contributed by atoms with E-state index >= 15 is 0 Å². The smallest absolute Gasteiger partial charge is 0.152 e. The molecular weight excluding hydrogens is 241 g/mol. The minimum atomic E-state index is -0.783. The predicted molar refractivity (Wildman–Crippen MR) is 65.2 cm³/mol. The van der Waals surface area contributed by atoms with E-state index in [2.05, 4.69) is 5.32 Å². The molecule has 5 heteroatoms. The molecule has 0 aliphatic heterocycles. The summed E-state index contributed by atoms with van der Waals surface area (Å²) in [5.41, 5.74) is 5.49. The number of aryl methyl sites for hydroxylation is 1. The van der Waals surface area contributed by atoms with Crippen LogP contribution in [0, 0.1) is 24.4 Å². The van der Waals surface area contributed by atoms with Gasteiger partial charge in [-0.1, -0.05) is 6.07 Å². The summed E-state index contributed by atoms with van der Waals surface area (Å²) in [6, 6.07) is 6.28. The normalized spacial score (nSPS) is 10.4. The predicted octanol–water partition coefficient (Wildman–Crippen LogP) is 3.74. The van der Waals surface area contributed by atoms with E-state index in [1.54, 1.807) is 0 Å². The highest BCUT2D eigenvalue weighted by Gasteiger charge is 2.13. The Kier molecular flexibility index (Phi) is 3.14. The summed E-state index contributed by atoms with van der Waals surface area (Å²) < 4.78 is 40.7. The molecule has 0 aromatic heterocycles. The molecule has 94 valence electrons. The van der Waals surface area contributed by atoms with Crippen LogP contribution in [0.4, 0.5) is 30.2 Å². The van der Waals surface area contributed by atoms with Crippen molar-refractivity contribution >= 4 is 17.1 Å². The van der Waals surface area contributed by atoms with Gasteiger partial charge in [-0.3, -0.25) is 0 Å². The summed E-state index contributed by atoms with van der Waals surface area (Å²) in [4.78, 5) is 0. The number of rotatable bonds is 2. The first kappa shape index (κ1) is 12.3. The molecule has 2 aromatic carbocycles. The van der Waals surface area contributed by atoms with Crippen LogP contribution in [0.15, 0.2) is 30.3 Å². The Labute approximate surface area is 102 Å². The third-order valence-corrected chi connectivity index (χ3v) is 2.54. The third-order valence-electron chi connectivity index (χ3n) is 2.54. The van der Waals surface area contributed by atoms with Gasteiger partial charge in [0.15, 0.2) is 5.82 Å². The van der Waals surface area contributed by atoms with Crippen LogP contribution in [0.25, 0.3) is 0 Å². The SMILES string of the molecule is Cc1ccc(F)c(Nc2ccc(N)cc2F)c1F. The second kappa shape index (κ2) is 4.60. The average Bonchev–Trinajstić information content (AvgIpc) is 2.32. The molecule has 0 fully saturated rings. The molecule has 0 amide bonds. The Morgan fingerprint density at radius 3 is 2.39 bits per heavy atom. The number of nitrogen functional groups attached to an aromatic ring is 1. The monoisotopic (exact) mass is 252 g/mol. The Morgan fingerprint density at radius 2 is 1.72 bits per heavy atom. The minimum absolute atomic E-state index is 0.0346. The van der Waals surface area contributed by atoms with Crippen LogP contribution < -0.4 is 11.1 Å². The van der Waals surface area contributed by atoms with Crippen LogP contribution in [-0.2, 0) is 0 Å². The second-order valence-electron chi connectivity index (χ2n) is 3.92. The van der Waals surface area contributed by atoms with Gasteiger partial charge in [-0.25, -0.2) is 13.2 Å². The van der Waals surface area contributed by atoms with Gasteiger partial charge in [-0.15, -0.1) is 0 Å². The van der Waals surface area contributed by atoms with Gasteiger partial charge in [0.1, 0.15) is 17.3 Å². The molecule has 18 heavy (non-hydrogen) atoms. The van der Waals surface area contributed by atoms with Gasteiger partial charge in [0.05, 0.1) is 5.69 Å². The van der Waals surface area contributed by atoms with Gasteiger partial charge < -0.3 is 11.1 Å². The lowest BCUT2D eigenvalue weighted by Gasteiger charge is -2.11. The van der Waals surface area contributed by atoms with Crippen molar-refractivity contribution in [1.29, 1.82) is 0 Å². The zero-order valence-corrected chi connectivity index (χ0v) is 9.60. The molecule has 0 saturated carbocycles. The Morgan fingerprint density at radius 1 is 1.00 bits per heavy atom. The van der Waals surface area contributed by atoms with Gasteiger partial charge >= 0.3 is 0 Å². The molecule has 0 atom stereocenters. The summed E-state index contributed by atoms with van der Waals surface area (Å²) in [5.74, 6) is -2.20. The Bertz CT molecular complexity index is 597. The lowest BCUT2D eigenvalue weighted by atomic mass is 10.2. The minimum Gasteiger partial charge on any atom is -0.399 e. The fourth-order valence-electron chi connectivity index (χ4n) is 1.54. The Balaban J connectivity index is 2.43. The Hall–Kier alpha value is -2.17. The van der Waals surface area contributed by atoms with E-state index in [0.717, 1.165) is 12.1 Å². The quantitative estimate of drug-likeness (QED) is 0.799. The highest BCUT2D eigenvalue weighted by molar-refractivity contribution is 5.64. The molecule has 2 rings (SSSR count). The summed E-state index contributed by atoms with van der Waals surface area (Å²) in [6.45, 7) is 1.50. The van der Waals surface area contributed by atoms with Crippen molar-refractivity contribution in [2.75, 3.05) is 11.1 Å². The van der Waals surface area contributed by atoms with Crippen LogP contribution in [0.1, 0.15) is 5.56 Å². The number of nitrogens with one attached hydrogen (secondary N) is 1. The maximum Gasteiger partial charge on any atom is 0.152 e. The van der Waals surface area contributed by atoms with Gasteiger partial charge in [0, 0.05) is 5.69 Å². The molecule has 0 aliphatic rings. The van der Waals surface area contributed by atoms with E-state index in [0.29, 0.717) is 0 Å². The molecule has 0 heterocycles. The van der Waals surface area contributed by atoms with Crippen molar-refractivity contribution in [2.45, 2.75) is 6.92 Å². The molecule has 0 saturated heterocycles. The molecule has 0 aliphatic carbocycles. The fourth-order valence-corrected chi connectivity index (χ4v) is 1.54. The van der Waals surface area contributed by atoms with Crippen molar-refractivity contribution in [3.63, 3.8) is 0 Å². The van der Waals surface area contributed by atoms with Crippen LogP contribution in [0.3, 0.4) is 0 Å². The zero-order valence-electron chi connectivity index (χ0n) is 9.60. The number of benzene rings is 2. The molecule has 0 radical (unpaired) electrons. The first-order valence-corrected chi connectivity index (χ1v) is 5.25. The van der Waals surface area contributed by atoms with Crippen LogP contribution in [0.2, 0.25) is 0 Å². The van der Waals surface area contributed by atoms with E-state index in [1.165, 1.54) is 25.1 Å². The van der Waals surface area contributed by atoms with Gasteiger partial charge in [0.2, 0.25) is 0 Å². The standard InChI is InChI=1S/C13H11F3N2/c1-7-2-4-9(14)13(12(7)16)18-11-5-3-8(17)6-10(11)15/h2-6,18H,17H2,1H3. The summed E-state index contributed by atoms with van der Waals surface area (Å²) in [5, 5.41) is 2.40. The summed E-state index contributed by atoms with van der Waals surface area (Å²) in [7, 11) is 0. The van der Waals surface area contributed by atoms with E-state index in [1.807, 2.05) is 0 Å². The van der Waals surface area contributed by atoms with E-state index in [-0.39, 0.29) is 22.6 Å². The molecule has 3 N–H and O–H groups in total. The van der Waals surface area contributed by atoms with Gasteiger partial charge in [0.25, 0.3) is 0 Å². The first-order valence-electron chi connectivity index (χ1n) is 5.25. The molecule has 0 bridgehead atoms. The van der Waals surface area contributed by atoms with Gasteiger partial charge in [-0.2, -0.15) is 0 Å². The largest absolute Gasteiger partial charge is 0.399 e. The van der Waals surface area contributed by atoms with Crippen molar-refractivity contribution in [3.05, 3.63) is 53.3 Å². The molecule has 0 spiro atoms.